The summed E-state index contributed by atoms with van der Waals surface area (Å²) in [6.45, 7) is 5.68. The molecule has 0 amide bonds. The van der Waals surface area contributed by atoms with Crippen molar-refractivity contribution in [3.8, 4) is 5.75 Å². The van der Waals surface area contributed by atoms with Crippen LogP contribution in [0.1, 0.15) is 6.92 Å². The Morgan fingerprint density at radius 3 is 2.86 bits per heavy atom. The summed E-state index contributed by atoms with van der Waals surface area (Å²) in [5, 5.41) is 4.20. The van der Waals surface area contributed by atoms with Crippen LogP contribution in [0.2, 0.25) is 0 Å². The molecule has 1 aromatic heterocycles. The largest absolute Gasteiger partial charge is 0.496 e. The quantitative estimate of drug-likeness (QED) is 0.608. The van der Waals surface area contributed by atoms with Gasteiger partial charge >= 0.3 is 0 Å². The first-order valence-electron chi connectivity index (χ1n) is 6.40. The highest BCUT2D eigenvalue weighted by Crippen LogP contribution is 2.29. The first-order valence-corrected chi connectivity index (χ1v) is 7.48. The van der Waals surface area contributed by atoms with Crippen LogP contribution in [0, 0.1) is 3.57 Å². The number of hydrogen-bond donors (Lipinski definition) is 1. The van der Waals surface area contributed by atoms with E-state index in [1.807, 2.05) is 37.3 Å². The molecule has 0 aliphatic rings. The maximum Gasteiger partial charge on any atom is 0.141 e. The molecule has 1 aromatic carbocycles. The average molecular weight is 393 g/mol. The molecule has 0 unspecified atom stereocenters. The molecule has 21 heavy (non-hydrogen) atoms. The fourth-order valence-corrected chi connectivity index (χ4v) is 2.57. The van der Waals surface area contributed by atoms with Crippen molar-refractivity contribution in [3.05, 3.63) is 58.6 Å². The lowest BCUT2D eigenvalue weighted by Gasteiger charge is -2.11. The molecule has 4 nitrogen and oxygen atoms in total. The van der Waals surface area contributed by atoms with Gasteiger partial charge < -0.3 is 10.1 Å². The zero-order valence-corrected chi connectivity index (χ0v) is 14.1. The fourth-order valence-electron chi connectivity index (χ4n) is 1.90. The van der Waals surface area contributed by atoms with Gasteiger partial charge in [-0.15, -0.1) is 0 Å². The van der Waals surface area contributed by atoms with Gasteiger partial charge in [0.1, 0.15) is 17.9 Å². The van der Waals surface area contributed by atoms with Crippen LogP contribution in [0.15, 0.2) is 55.0 Å². The zero-order valence-electron chi connectivity index (χ0n) is 11.9. The highest BCUT2D eigenvalue weighted by molar-refractivity contribution is 14.1. The molecular weight excluding hydrogens is 377 g/mol. The van der Waals surface area contributed by atoms with Crippen LogP contribution in [0.4, 0.5) is 5.82 Å². The number of rotatable bonds is 5. The van der Waals surface area contributed by atoms with Crippen molar-refractivity contribution in [2.75, 3.05) is 12.4 Å². The highest BCUT2D eigenvalue weighted by Gasteiger charge is 2.09. The first kappa shape index (κ1) is 15.5. The number of nitrogens with one attached hydrogen (secondary N) is 1. The molecule has 0 atom stereocenters. The number of aromatic nitrogens is 2. The van der Waals surface area contributed by atoms with Crippen molar-refractivity contribution in [1.29, 1.82) is 0 Å². The third kappa shape index (κ3) is 3.60. The summed E-state index contributed by atoms with van der Waals surface area (Å²) in [6, 6.07) is 3.93. The molecule has 0 spiro atoms. The van der Waals surface area contributed by atoms with Gasteiger partial charge in [-0.05, 0) is 53.8 Å². The monoisotopic (exact) mass is 393 g/mol. The molecule has 0 radical (unpaired) electrons. The molecule has 1 N–H and O–H groups in total. The lowest BCUT2D eigenvalue weighted by molar-refractivity contribution is 0.412. The number of anilines is 1. The summed E-state index contributed by atoms with van der Waals surface area (Å²) in [5.74, 6) is 1.54. The second-order valence-corrected chi connectivity index (χ2v) is 5.37. The van der Waals surface area contributed by atoms with Gasteiger partial charge in [0.05, 0.1) is 16.2 Å². The van der Waals surface area contributed by atoms with E-state index < -0.39 is 0 Å². The van der Waals surface area contributed by atoms with E-state index in [0.29, 0.717) is 0 Å². The van der Waals surface area contributed by atoms with Crippen LogP contribution in [-0.2, 0) is 0 Å². The Bertz CT molecular complexity index is 723. The summed E-state index contributed by atoms with van der Waals surface area (Å²) in [5.41, 5.74) is 1.78. The van der Waals surface area contributed by atoms with Crippen LogP contribution in [0.5, 0.6) is 5.75 Å². The number of ether oxygens (including phenoxy) is 1. The second-order valence-electron chi connectivity index (χ2n) is 4.21. The Labute approximate surface area is 137 Å². The zero-order chi connectivity index (χ0) is 15.2. The number of methoxy groups -OCH3 is 1. The molecule has 2 rings (SSSR count). The Morgan fingerprint density at radius 2 is 2.19 bits per heavy atom. The SMILES string of the molecule is C=C/C=C(\C=C/C)Nc1ncnc2cc(I)c(OC)cc12. The third-order valence-corrected chi connectivity index (χ3v) is 3.66. The van der Waals surface area contributed by atoms with Crippen molar-refractivity contribution < 1.29 is 4.74 Å². The standard InChI is InChI=1S/C16H16IN3O/c1-4-6-11(7-5-2)20-16-12-8-15(21-3)13(17)9-14(12)18-10-19-16/h4-10H,1H2,2-3H3,(H,18,19,20)/b7-5-,11-6+. The normalized spacial score (nSPS) is 11.9. The van der Waals surface area contributed by atoms with E-state index in [9.17, 15) is 0 Å². The lowest BCUT2D eigenvalue weighted by Crippen LogP contribution is -2.01. The topological polar surface area (TPSA) is 47.0 Å². The summed E-state index contributed by atoms with van der Waals surface area (Å²) < 4.78 is 6.39. The van der Waals surface area contributed by atoms with Crippen molar-refractivity contribution >= 4 is 39.3 Å². The Balaban J connectivity index is 2.53. The van der Waals surface area contributed by atoms with Gasteiger partial charge in [-0.2, -0.15) is 0 Å². The van der Waals surface area contributed by atoms with Gasteiger partial charge in [0.25, 0.3) is 0 Å². The predicted molar refractivity (Wildman–Crippen MR) is 95.5 cm³/mol. The van der Waals surface area contributed by atoms with Crippen LogP contribution in [0.25, 0.3) is 10.9 Å². The van der Waals surface area contributed by atoms with Crippen LogP contribution < -0.4 is 10.1 Å². The number of nitrogens with zero attached hydrogens (tertiary/aromatic N) is 2. The average Bonchev–Trinajstić information content (AvgIpc) is 2.47. The van der Waals surface area contributed by atoms with E-state index in [1.54, 1.807) is 19.5 Å². The van der Waals surface area contributed by atoms with Crippen LogP contribution in [0.3, 0.4) is 0 Å². The van der Waals surface area contributed by atoms with Crippen molar-refractivity contribution in [2.24, 2.45) is 0 Å². The van der Waals surface area contributed by atoms with Gasteiger partial charge in [-0.1, -0.05) is 18.7 Å². The van der Waals surface area contributed by atoms with E-state index in [4.69, 9.17) is 4.74 Å². The molecule has 0 fully saturated rings. The fraction of sp³-hybridized carbons (Fsp3) is 0.125. The van der Waals surface area contributed by atoms with Gasteiger partial charge in [0.2, 0.25) is 0 Å². The Kier molecular flexibility index (Phi) is 5.32. The van der Waals surface area contributed by atoms with Gasteiger partial charge in [-0.25, -0.2) is 9.97 Å². The molecular formula is C16H16IN3O. The number of benzene rings is 1. The second kappa shape index (κ2) is 7.21. The van der Waals surface area contributed by atoms with Gasteiger partial charge in [-0.3, -0.25) is 0 Å². The molecule has 108 valence electrons. The molecule has 2 aromatic rings. The van der Waals surface area contributed by atoms with Crippen molar-refractivity contribution in [2.45, 2.75) is 6.92 Å². The molecule has 0 aliphatic carbocycles. The van der Waals surface area contributed by atoms with Crippen molar-refractivity contribution in [1.82, 2.24) is 9.97 Å². The van der Waals surface area contributed by atoms with E-state index >= 15 is 0 Å². The minimum Gasteiger partial charge on any atom is -0.496 e. The summed E-state index contributed by atoms with van der Waals surface area (Å²) in [7, 11) is 1.66. The summed E-state index contributed by atoms with van der Waals surface area (Å²) in [6.07, 6.45) is 9.08. The number of fused-ring (bicyclic) bond motifs is 1. The Hall–Kier alpha value is -1.89. The maximum atomic E-state index is 5.37. The number of hydrogen-bond acceptors (Lipinski definition) is 4. The van der Waals surface area contributed by atoms with E-state index in [-0.39, 0.29) is 0 Å². The van der Waals surface area contributed by atoms with Crippen LogP contribution >= 0.6 is 22.6 Å². The number of allylic oxidation sites excluding steroid dienone is 4. The van der Waals surface area contributed by atoms with Gasteiger partial charge in [0, 0.05) is 11.1 Å². The molecule has 1 heterocycles. The summed E-state index contributed by atoms with van der Waals surface area (Å²) >= 11 is 2.23. The molecule has 5 heteroatoms. The minimum atomic E-state index is 0.737. The minimum absolute atomic E-state index is 0.737. The first-order chi connectivity index (χ1) is 10.2. The summed E-state index contributed by atoms with van der Waals surface area (Å²) in [4.78, 5) is 8.64. The van der Waals surface area contributed by atoms with Crippen molar-refractivity contribution in [3.63, 3.8) is 0 Å². The van der Waals surface area contributed by atoms with E-state index in [2.05, 4.69) is 44.5 Å². The van der Waals surface area contributed by atoms with Gasteiger partial charge in [0.15, 0.2) is 0 Å². The van der Waals surface area contributed by atoms with E-state index in [1.165, 1.54) is 0 Å². The number of halogens is 1. The molecule has 0 bridgehead atoms. The van der Waals surface area contributed by atoms with Crippen LogP contribution in [-0.4, -0.2) is 17.1 Å². The van der Waals surface area contributed by atoms with E-state index in [0.717, 1.165) is 31.7 Å². The lowest BCUT2D eigenvalue weighted by atomic mass is 10.2. The maximum absolute atomic E-state index is 5.37. The molecule has 0 saturated heterocycles. The predicted octanol–water partition coefficient (Wildman–Crippen LogP) is 4.30. The Morgan fingerprint density at radius 1 is 1.38 bits per heavy atom. The molecule has 0 saturated carbocycles. The third-order valence-electron chi connectivity index (χ3n) is 2.82. The smallest absolute Gasteiger partial charge is 0.141 e. The molecule has 0 aliphatic heterocycles. The highest BCUT2D eigenvalue weighted by atomic mass is 127.